The van der Waals surface area contributed by atoms with Gasteiger partial charge in [0.15, 0.2) is 0 Å². The van der Waals surface area contributed by atoms with E-state index < -0.39 is 6.09 Å². The van der Waals surface area contributed by atoms with Crippen molar-refractivity contribution in [2.45, 2.75) is 26.0 Å². The first-order valence-electron chi connectivity index (χ1n) is 5.13. The second-order valence-electron chi connectivity index (χ2n) is 3.52. The molecule has 0 bridgehead atoms. The molecule has 0 aliphatic heterocycles. The van der Waals surface area contributed by atoms with Crippen LogP contribution >= 0.6 is 0 Å². The topological polar surface area (TPSA) is 38.3 Å². The third-order valence-corrected chi connectivity index (χ3v) is 2.00. The first kappa shape index (κ1) is 12.1. The zero-order valence-electron chi connectivity index (χ0n) is 9.27. The maximum atomic E-state index is 11.3. The molecule has 1 atom stereocenters. The highest BCUT2D eigenvalue weighted by Crippen LogP contribution is 2.00. The molecule has 3 heteroatoms. The fourth-order valence-electron chi connectivity index (χ4n) is 1.19. The Balaban J connectivity index is 2.28. The number of ether oxygens (including phenoxy) is 1. The lowest BCUT2D eigenvalue weighted by Gasteiger charge is -2.11. The predicted molar refractivity (Wildman–Crippen MR) is 62.7 cm³/mol. The van der Waals surface area contributed by atoms with Gasteiger partial charge in [0, 0.05) is 12.5 Å². The first-order valence-corrected chi connectivity index (χ1v) is 5.13. The fourth-order valence-corrected chi connectivity index (χ4v) is 1.19. The summed E-state index contributed by atoms with van der Waals surface area (Å²) in [5.74, 6) is 2.48. The molecule has 0 fully saturated rings. The van der Waals surface area contributed by atoms with Crippen molar-refractivity contribution in [3.8, 4) is 12.3 Å². The summed E-state index contributed by atoms with van der Waals surface area (Å²) in [6, 6.07) is 9.46. The van der Waals surface area contributed by atoms with Gasteiger partial charge in [-0.25, -0.2) is 4.79 Å². The van der Waals surface area contributed by atoms with Gasteiger partial charge in [0.25, 0.3) is 0 Å². The van der Waals surface area contributed by atoms with Gasteiger partial charge in [-0.3, -0.25) is 0 Å². The van der Waals surface area contributed by atoms with Gasteiger partial charge in [0.2, 0.25) is 0 Å². The van der Waals surface area contributed by atoms with Gasteiger partial charge in [0.05, 0.1) is 0 Å². The number of benzene rings is 1. The van der Waals surface area contributed by atoms with Crippen LogP contribution in [0.5, 0.6) is 0 Å². The number of amides is 1. The zero-order chi connectivity index (χ0) is 11.8. The van der Waals surface area contributed by atoms with Gasteiger partial charge in [-0.15, -0.1) is 12.3 Å². The van der Waals surface area contributed by atoms with E-state index >= 15 is 0 Å². The van der Waals surface area contributed by atoms with Crippen LogP contribution in [0.1, 0.15) is 18.9 Å². The summed E-state index contributed by atoms with van der Waals surface area (Å²) in [6.45, 7) is 2.11. The van der Waals surface area contributed by atoms with Gasteiger partial charge in [-0.1, -0.05) is 30.3 Å². The zero-order valence-corrected chi connectivity index (χ0v) is 9.27. The van der Waals surface area contributed by atoms with Crippen molar-refractivity contribution in [2.24, 2.45) is 0 Å². The lowest BCUT2D eigenvalue weighted by Crippen LogP contribution is -2.32. The van der Waals surface area contributed by atoms with E-state index in [-0.39, 0.29) is 12.6 Å². The van der Waals surface area contributed by atoms with Crippen LogP contribution in [0.2, 0.25) is 0 Å². The molecule has 0 spiro atoms. The molecule has 84 valence electrons. The van der Waals surface area contributed by atoms with Crippen LogP contribution in [0, 0.1) is 12.3 Å². The number of rotatable bonds is 4. The standard InChI is InChI=1S/C13H15NO2/c1-3-7-11(2)14-13(15)16-10-12-8-5-4-6-9-12/h1,4-6,8-9,11H,7,10H2,2H3,(H,14,15)/t11-/m0/s1. The molecule has 0 saturated carbocycles. The Morgan fingerprint density at radius 2 is 2.19 bits per heavy atom. The van der Waals surface area contributed by atoms with Gasteiger partial charge in [-0.2, -0.15) is 0 Å². The van der Waals surface area contributed by atoms with E-state index in [0.717, 1.165) is 5.56 Å². The fraction of sp³-hybridized carbons (Fsp3) is 0.308. The van der Waals surface area contributed by atoms with Gasteiger partial charge in [0.1, 0.15) is 6.61 Å². The van der Waals surface area contributed by atoms with Crippen molar-refractivity contribution >= 4 is 6.09 Å². The normalized spacial score (nSPS) is 11.2. The van der Waals surface area contributed by atoms with E-state index in [9.17, 15) is 4.79 Å². The van der Waals surface area contributed by atoms with Crippen LogP contribution in [0.25, 0.3) is 0 Å². The summed E-state index contributed by atoms with van der Waals surface area (Å²) in [5, 5.41) is 2.65. The molecule has 0 heterocycles. The summed E-state index contributed by atoms with van der Waals surface area (Å²) >= 11 is 0. The summed E-state index contributed by atoms with van der Waals surface area (Å²) in [5.41, 5.74) is 0.960. The summed E-state index contributed by atoms with van der Waals surface area (Å²) in [7, 11) is 0. The van der Waals surface area contributed by atoms with Crippen molar-refractivity contribution in [3.63, 3.8) is 0 Å². The third-order valence-electron chi connectivity index (χ3n) is 2.00. The van der Waals surface area contributed by atoms with E-state index in [1.807, 2.05) is 37.3 Å². The summed E-state index contributed by atoms with van der Waals surface area (Å²) < 4.78 is 5.03. The Morgan fingerprint density at radius 1 is 1.50 bits per heavy atom. The first-order chi connectivity index (χ1) is 7.72. The number of carbonyl (C=O) groups excluding carboxylic acids is 1. The van der Waals surface area contributed by atoms with Crippen molar-refractivity contribution < 1.29 is 9.53 Å². The van der Waals surface area contributed by atoms with E-state index in [4.69, 9.17) is 11.2 Å². The molecule has 16 heavy (non-hydrogen) atoms. The van der Waals surface area contributed by atoms with E-state index in [1.165, 1.54) is 0 Å². The average molecular weight is 217 g/mol. The minimum absolute atomic E-state index is 0.0618. The van der Waals surface area contributed by atoms with Crippen molar-refractivity contribution in [2.75, 3.05) is 0 Å². The van der Waals surface area contributed by atoms with Gasteiger partial charge in [-0.05, 0) is 12.5 Å². The number of carbonyl (C=O) groups is 1. The molecule has 1 aromatic carbocycles. The highest BCUT2D eigenvalue weighted by molar-refractivity contribution is 5.67. The number of hydrogen-bond donors (Lipinski definition) is 1. The van der Waals surface area contributed by atoms with Crippen LogP contribution in [0.15, 0.2) is 30.3 Å². The highest BCUT2D eigenvalue weighted by atomic mass is 16.5. The van der Waals surface area contributed by atoms with Crippen LogP contribution < -0.4 is 5.32 Å². The molecule has 0 saturated heterocycles. The highest BCUT2D eigenvalue weighted by Gasteiger charge is 2.06. The van der Waals surface area contributed by atoms with Crippen LogP contribution in [0.3, 0.4) is 0 Å². The van der Waals surface area contributed by atoms with E-state index in [0.29, 0.717) is 6.42 Å². The molecule has 1 rings (SSSR count). The van der Waals surface area contributed by atoms with Crippen molar-refractivity contribution in [1.82, 2.24) is 5.32 Å². The lowest BCUT2D eigenvalue weighted by atomic mass is 10.2. The Bertz CT molecular complexity index is 367. The molecule has 3 nitrogen and oxygen atoms in total. The van der Waals surface area contributed by atoms with E-state index in [2.05, 4.69) is 11.2 Å². The van der Waals surface area contributed by atoms with Gasteiger partial charge < -0.3 is 10.1 Å². The summed E-state index contributed by atoms with van der Waals surface area (Å²) in [4.78, 5) is 11.3. The van der Waals surface area contributed by atoms with Crippen molar-refractivity contribution in [3.05, 3.63) is 35.9 Å². The molecule has 0 radical (unpaired) electrons. The molecule has 1 aromatic rings. The largest absolute Gasteiger partial charge is 0.445 e. The monoisotopic (exact) mass is 217 g/mol. The molecule has 1 N–H and O–H groups in total. The maximum Gasteiger partial charge on any atom is 0.407 e. The van der Waals surface area contributed by atoms with Crippen molar-refractivity contribution in [1.29, 1.82) is 0 Å². The van der Waals surface area contributed by atoms with Crippen LogP contribution in [-0.4, -0.2) is 12.1 Å². The van der Waals surface area contributed by atoms with Gasteiger partial charge >= 0.3 is 6.09 Å². The summed E-state index contributed by atoms with van der Waals surface area (Å²) in [6.07, 6.45) is 5.19. The van der Waals surface area contributed by atoms with Crippen LogP contribution in [0.4, 0.5) is 4.79 Å². The second-order valence-corrected chi connectivity index (χ2v) is 3.52. The minimum Gasteiger partial charge on any atom is -0.445 e. The second kappa shape index (κ2) is 6.52. The van der Waals surface area contributed by atoms with Crippen LogP contribution in [-0.2, 0) is 11.3 Å². The Hall–Kier alpha value is -1.95. The number of terminal acetylenes is 1. The Morgan fingerprint density at radius 3 is 2.81 bits per heavy atom. The quantitative estimate of drug-likeness (QED) is 0.786. The SMILES string of the molecule is C#CC[C@H](C)NC(=O)OCc1ccccc1. The molecule has 0 unspecified atom stereocenters. The number of nitrogens with one attached hydrogen (secondary N) is 1. The lowest BCUT2D eigenvalue weighted by molar-refractivity contribution is 0.136. The molecule has 0 aliphatic rings. The molecule has 1 amide bonds. The minimum atomic E-state index is -0.438. The number of alkyl carbamates (subject to hydrolysis) is 1. The Kier molecular flexibility index (Phi) is 4.94. The molecular weight excluding hydrogens is 202 g/mol. The third kappa shape index (κ3) is 4.52. The molecule has 0 aromatic heterocycles. The smallest absolute Gasteiger partial charge is 0.407 e. The molecular formula is C13H15NO2. The van der Waals surface area contributed by atoms with E-state index in [1.54, 1.807) is 0 Å². The molecule has 0 aliphatic carbocycles. The Labute approximate surface area is 95.8 Å². The number of hydrogen-bond acceptors (Lipinski definition) is 2. The predicted octanol–water partition coefficient (Wildman–Crippen LogP) is 2.32. The maximum absolute atomic E-state index is 11.3. The average Bonchev–Trinajstić information content (AvgIpc) is 2.28.